The molecule has 3 rings (SSSR count). The second-order valence-corrected chi connectivity index (χ2v) is 5.50. The second kappa shape index (κ2) is 7.22. The Kier molecular flexibility index (Phi) is 4.85. The lowest BCUT2D eigenvalue weighted by Gasteiger charge is -2.20. The predicted molar refractivity (Wildman–Crippen MR) is 87.1 cm³/mol. The average Bonchev–Trinajstić information content (AvgIpc) is 2.61. The van der Waals surface area contributed by atoms with Crippen LogP contribution in [0.1, 0.15) is 10.5 Å². The van der Waals surface area contributed by atoms with Gasteiger partial charge < -0.3 is 19.7 Å². The summed E-state index contributed by atoms with van der Waals surface area (Å²) in [5.41, 5.74) is 0.732. The topological polar surface area (TPSA) is 89.5 Å². The van der Waals surface area contributed by atoms with Crippen molar-refractivity contribution in [2.24, 2.45) is 0 Å². The molecule has 126 valence electrons. The van der Waals surface area contributed by atoms with Gasteiger partial charge in [0.15, 0.2) is 11.5 Å². The number of carbonyl (C=O) groups excluding carboxylic acids is 1. The number of amides is 1. The summed E-state index contributed by atoms with van der Waals surface area (Å²) in [5.74, 6) is 0.564. The van der Waals surface area contributed by atoms with Crippen LogP contribution < -0.4 is 14.8 Å². The second-order valence-electron chi connectivity index (χ2n) is 5.50. The predicted octanol–water partition coefficient (Wildman–Crippen LogP) is 0.601. The number of hydrogen-bond acceptors (Lipinski definition) is 7. The first-order valence-electron chi connectivity index (χ1n) is 7.67. The molecule has 0 atom stereocenters. The quantitative estimate of drug-likeness (QED) is 0.859. The molecule has 24 heavy (non-hydrogen) atoms. The van der Waals surface area contributed by atoms with Crippen molar-refractivity contribution in [2.45, 2.75) is 0 Å². The molecule has 0 saturated carbocycles. The van der Waals surface area contributed by atoms with Gasteiger partial charge in [0, 0.05) is 19.3 Å². The number of ether oxygens (including phenoxy) is 2. The molecule has 0 unspecified atom stereocenters. The van der Waals surface area contributed by atoms with E-state index >= 15 is 0 Å². The van der Waals surface area contributed by atoms with Gasteiger partial charge in [0.05, 0.1) is 0 Å². The maximum Gasteiger partial charge on any atom is 0.274 e. The van der Waals surface area contributed by atoms with Crippen LogP contribution in [-0.2, 0) is 0 Å². The van der Waals surface area contributed by atoms with E-state index in [1.165, 1.54) is 0 Å². The smallest absolute Gasteiger partial charge is 0.274 e. The minimum Gasteiger partial charge on any atom is -0.483 e. The van der Waals surface area contributed by atoms with Crippen LogP contribution in [0, 0.1) is 0 Å². The third-order valence-electron chi connectivity index (χ3n) is 3.36. The minimum absolute atomic E-state index is 0.166. The van der Waals surface area contributed by atoms with Crippen molar-refractivity contribution in [3.63, 3.8) is 0 Å². The fourth-order valence-electron chi connectivity index (χ4n) is 2.18. The standard InChI is InChI=1S/C16H19N5O3/c1-21(2)8-7-18-15(22)12-13-16(24-10-9-23-13)20-14(19-12)11-5-3-4-6-17-11/h3-6H,7-10H2,1-2H3,(H,18,22). The first-order chi connectivity index (χ1) is 11.6. The van der Waals surface area contributed by atoms with E-state index in [2.05, 4.69) is 20.3 Å². The lowest BCUT2D eigenvalue weighted by molar-refractivity contribution is 0.0931. The summed E-state index contributed by atoms with van der Waals surface area (Å²) < 4.78 is 11.1. The number of fused-ring (bicyclic) bond motifs is 1. The molecule has 0 bridgehead atoms. The van der Waals surface area contributed by atoms with Crippen LogP contribution in [0.3, 0.4) is 0 Å². The molecule has 2 aromatic rings. The van der Waals surface area contributed by atoms with Gasteiger partial charge in [0.1, 0.15) is 18.9 Å². The molecule has 0 aliphatic carbocycles. The maximum atomic E-state index is 12.5. The van der Waals surface area contributed by atoms with E-state index in [0.717, 1.165) is 6.54 Å². The van der Waals surface area contributed by atoms with Gasteiger partial charge >= 0.3 is 0 Å². The molecule has 0 fully saturated rings. The van der Waals surface area contributed by atoms with Gasteiger partial charge in [0.25, 0.3) is 11.8 Å². The molecule has 0 spiro atoms. The summed E-state index contributed by atoms with van der Waals surface area (Å²) in [6.07, 6.45) is 1.65. The molecule has 8 nitrogen and oxygen atoms in total. The Bertz CT molecular complexity index is 721. The van der Waals surface area contributed by atoms with Gasteiger partial charge in [-0.15, -0.1) is 0 Å². The number of pyridine rings is 1. The van der Waals surface area contributed by atoms with Gasteiger partial charge in [-0.05, 0) is 26.2 Å². The molecule has 3 heterocycles. The molecule has 1 N–H and O–H groups in total. The lowest BCUT2D eigenvalue weighted by Crippen LogP contribution is -2.33. The zero-order chi connectivity index (χ0) is 16.9. The third-order valence-corrected chi connectivity index (χ3v) is 3.36. The molecular formula is C16H19N5O3. The summed E-state index contributed by atoms with van der Waals surface area (Å²) in [5, 5.41) is 2.83. The Balaban J connectivity index is 1.93. The Morgan fingerprint density at radius 2 is 2.08 bits per heavy atom. The van der Waals surface area contributed by atoms with E-state index in [0.29, 0.717) is 31.3 Å². The number of carbonyl (C=O) groups is 1. The summed E-state index contributed by atoms with van der Waals surface area (Å²) >= 11 is 0. The van der Waals surface area contributed by atoms with E-state index in [1.807, 2.05) is 25.1 Å². The number of aromatic nitrogens is 3. The monoisotopic (exact) mass is 329 g/mol. The Labute approximate surface area is 139 Å². The van der Waals surface area contributed by atoms with Gasteiger partial charge in [-0.3, -0.25) is 9.78 Å². The lowest BCUT2D eigenvalue weighted by atomic mass is 10.2. The highest BCUT2D eigenvalue weighted by Crippen LogP contribution is 2.32. The van der Waals surface area contributed by atoms with Crippen LogP contribution >= 0.6 is 0 Å². The first-order valence-corrected chi connectivity index (χ1v) is 7.67. The Morgan fingerprint density at radius 1 is 1.25 bits per heavy atom. The first kappa shape index (κ1) is 16.1. The summed E-state index contributed by atoms with van der Waals surface area (Å²) in [6.45, 7) is 1.97. The number of hydrogen-bond donors (Lipinski definition) is 1. The van der Waals surface area contributed by atoms with Crippen molar-refractivity contribution in [2.75, 3.05) is 40.4 Å². The minimum atomic E-state index is -0.321. The molecule has 2 aromatic heterocycles. The van der Waals surface area contributed by atoms with Crippen molar-refractivity contribution < 1.29 is 14.3 Å². The largest absolute Gasteiger partial charge is 0.483 e. The van der Waals surface area contributed by atoms with E-state index in [4.69, 9.17) is 9.47 Å². The van der Waals surface area contributed by atoms with E-state index < -0.39 is 0 Å². The Hall–Kier alpha value is -2.74. The molecule has 1 aliphatic heterocycles. The summed E-state index contributed by atoms with van der Waals surface area (Å²) in [7, 11) is 3.88. The van der Waals surface area contributed by atoms with Crippen LogP contribution in [0.2, 0.25) is 0 Å². The number of likely N-dealkylation sites (N-methyl/N-ethyl adjacent to an activating group) is 1. The van der Waals surface area contributed by atoms with Crippen molar-refractivity contribution in [3.8, 4) is 23.1 Å². The maximum absolute atomic E-state index is 12.5. The molecule has 0 aromatic carbocycles. The van der Waals surface area contributed by atoms with Crippen molar-refractivity contribution >= 4 is 5.91 Å². The highest BCUT2D eigenvalue weighted by molar-refractivity contribution is 5.96. The van der Waals surface area contributed by atoms with Gasteiger partial charge in [0.2, 0.25) is 5.75 Å². The van der Waals surface area contributed by atoms with E-state index in [-0.39, 0.29) is 23.2 Å². The fourth-order valence-corrected chi connectivity index (χ4v) is 2.18. The highest BCUT2D eigenvalue weighted by Gasteiger charge is 2.26. The summed E-state index contributed by atoms with van der Waals surface area (Å²) in [6, 6.07) is 5.41. The molecule has 0 radical (unpaired) electrons. The van der Waals surface area contributed by atoms with Gasteiger partial charge in [-0.2, -0.15) is 4.98 Å². The fraction of sp³-hybridized carbons (Fsp3) is 0.375. The van der Waals surface area contributed by atoms with Crippen LogP contribution in [-0.4, -0.2) is 66.2 Å². The zero-order valence-corrected chi connectivity index (χ0v) is 13.7. The van der Waals surface area contributed by atoms with Crippen molar-refractivity contribution in [1.82, 2.24) is 25.2 Å². The van der Waals surface area contributed by atoms with Gasteiger partial charge in [-0.25, -0.2) is 4.98 Å². The molecule has 0 saturated heterocycles. The van der Waals surface area contributed by atoms with Crippen LogP contribution in [0.15, 0.2) is 24.4 Å². The Morgan fingerprint density at radius 3 is 2.83 bits per heavy atom. The SMILES string of the molecule is CN(C)CCNC(=O)c1nc(-c2ccccn2)nc2c1OCCO2. The van der Waals surface area contributed by atoms with E-state index in [9.17, 15) is 4.79 Å². The normalized spacial score (nSPS) is 13.0. The summed E-state index contributed by atoms with van der Waals surface area (Å²) in [4.78, 5) is 27.4. The molecular weight excluding hydrogens is 310 g/mol. The zero-order valence-electron chi connectivity index (χ0n) is 13.7. The average molecular weight is 329 g/mol. The van der Waals surface area contributed by atoms with Gasteiger partial charge in [-0.1, -0.05) is 6.07 Å². The highest BCUT2D eigenvalue weighted by atomic mass is 16.6. The van der Waals surface area contributed by atoms with Crippen molar-refractivity contribution in [3.05, 3.63) is 30.1 Å². The number of rotatable bonds is 5. The number of nitrogens with one attached hydrogen (secondary N) is 1. The molecule has 1 amide bonds. The van der Waals surface area contributed by atoms with Crippen molar-refractivity contribution in [1.29, 1.82) is 0 Å². The van der Waals surface area contributed by atoms with Crippen LogP contribution in [0.25, 0.3) is 11.5 Å². The number of nitrogens with zero attached hydrogens (tertiary/aromatic N) is 4. The molecule has 8 heteroatoms. The van der Waals surface area contributed by atoms with E-state index in [1.54, 1.807) is 18.3 Å². The molecule has 1 aliphatic rings. The van der Waals surface area contributed by atoms with Crippen LogP contribution in [0.5, 0.6) is 11.6 Å². The van der Waals surface area contributed by atoms with Crippen LogP contribution in [0.4, 0.5) is 0 Å². The third kappa shape index (κ3) is 3.60.